The van der Waals surface area contributed by atoms with Crippen molar-refractivity contribution in [2.45, 2.75) is 44.2 Å². The summed E-state index contributed by atoms with van der Waals surface area (Å²) in [5.74, 6) is 1.51. The largest absolute Gasteiger partial charge is 0.376 e. The summed E-state index contributed by atoms with van der Waals surface area (Å²) in [6.45, 7) is 3.94. The highest BCUT2D eigenvalue weighted by molar-refractivity contribution is 5.80. The summed E-state index contributed by atoms with van der Waals surface area (Å²) in [4.78, 5) is 4.32. The zero-order valence-corrected chi connectivity index (χ0v) is 12.9. The average molecular weight is 287 g/mol. The molecule has 0 aromatic heterocycles. The molecule has 4 heteroatoms. The number of hydrogen-bond acceptors (Lipinski definition) is 2. The van der Waals surface area contributed by atoms with E-state index in [2.05, 4.69) is 46.8 Å². The Morgan fingerprint density at radius 3 is 2.95 bits per heavy atom. The molecule has 1 aliphatic heterocycles. The van der Waals surface area contributed by atoms with Crippen LogP contribution >= 0.6 is 0 Å². The van der Waals surface area contributed by atoms with E-state index in [0.717, 1.165) is 25.5 Å². The van der Waals surface area contributed by atoms with Crippen molar-refractivity contribution >= 4 is 5.96 Å². The van der Waals surface area contributed by atoms with Gasteiger partial charge in [-0.3, -0.25) is 4.99 Å². The van der Waals surface area contributed by atoms with Crippen LogP contribution in [0.5, 0.6) is 0 Å². The van der Waals surface area contributed by atoms with Crippen LogP contribution in [0.2, 0.25) is 0 Å². The number of ether oxygens (including phenoxy) is 1. The zero-order chi connectivity index (χ0) is 14.7. The van der Waals surface area contributed by atoms with Crippen LogP contribution in [0.3, 0.4) is 0 Å². The van der Waals surface area contributed by atoms with Gasteiger partial charge >= 0.3 is 0 Å². The van der Waals surface area contributed by atoms with Gasteiger partial charge in [-0.2, -0.15) is 0 Å². The summed E-state index contributed by atoms with van der Waals surface area (Å²) >= 11 is 0. The van der Waals surface area contributed by atoms with Gasteiger partial charge in [-0.1, -0.05) is 24.3 Å². The van der Waals surface area contributed by atoms with Gasteiger partial charge in [-0.25, -0.2) is 0 Å². The third-order valence-corrected chi connectivity index (χ3v) is 4.45. The molecule has 1 aliphatic carbocycles. The first-order valence-corrected chi connectivity index (χ1v) is 7.92. The molecule has 1 heterocycles. The maximum absolute atomic E-state index is 5.63. The number of nitrogens with zero attached hydrogens (tertiary/aromatic N) is 1. The second kappa shape index (κ2) is 6.48. The predicted molar refractivity (Wildman–Crippen MR) is 85.8 cm³/mol. The highest BCUT2D eigenvalue weighted by Crippen LogP contribution is 2.41. The Hall–Kier alpha value is -1.55. The SMILES string of the molecule is CN=C(NCC1CCCO1)NC1CC1c1ccccc1C. The lowest BCUT2D eigenvalue weighted by atomic mass is 10.0. The molecule has 21 heavy (non-hydrogen) atoms. The molecule has 3 rings (SSSR count). The zero-order valence-electron chi connectivity index (χ0n) is 12.9. The van der Waals surface area contributed by atoms with Gasteiger partial charge in [0.05, 0.1) is 6.10 Å². The fourth-order valence-electron chi connectivity index (χ4n) is 3.09. The summed E-state index contributed by atoms with van der Waals surface area (Å²) in [6, 6.07) is 9.16. The van der Waals surface area contributed by atoms with Gasteiger partial charge in [0, 0.05) is 32.2 Å². The maximum atomic E-state index is 5.63. The molecule has 0 amide bonds. The fourth-order valence-corrected chi connectivity index (χ4v) is 3.09. The molecule has 3 atom stereocenters. The average Bonchev–Trinajstić information content (AvgIpc) is 3.05. The van der Waals surface area contributed by atoms with Crippen molar-refractivity contribution in [3.63, 3.8) is 0 Å². The lowest BCUT2D eigenvalue weighted by molar-refractivity contribution is 0.114. The van der Waals surface area contributed by atoms with E-state index >= 15 is 0 Å². The highest BCUT2D eigenvalue weighted by Gasteiger charge is 2.39. The summed E-state index contributed by atoms with van der Waals surface area (Å²) in [5.41, 5.74) is 2.85. The molecule has 3 unspecified atom stereocenters. The first-order valence-electron chi connectivity index (χ1n) is 7.92. The minimum Gasteiger partial charge on any atom is -0.376 e. The number of nitrogens with one attached hydrogen (secondary N) is 2. The maximum Gasteiger partial charge on any atom is 0.191 e. The van der Waals surface area contributed by atoms with Crippen LogP contribution in [-0.4, -0.2) is 38.3 Å². The van der Waals surface area contributed by atoms with Crippen molar-refractivity contribution in [1.29, 1.82) is 0 Å². The summed E-state index contributed by atoms with van der Waals surface area (Å²) < 4.78 is 5.63. The molecule has 1 aromatic rings. The van der Waals surface area contributed by atoms with Gasteiger partial charge in [0.1, 0.15) is 0 Å². The predicted octanol–water partition coefficient (Wildman–Crippen LogP) is 2.19. The molecule has 1 saturated carbocycles. The monoisotopic (exact) mass is 287 g/mol. The van der Waals surface area contributed by atoms with Crippen molar-refractivity contribution in [3.05, 3.63) is 35.4 Å². The third kappa shape index (κ3) is 3.56. The standard InChI is InChI=1S/C17H25N3O/c1-12-6-3-4-8-14(12)15-10-16(15)20-17(18-2)19-11-13-7-5-9-21-13/h3-4,6,8,13,15-16H,5,7,9-11H2,1-2H3,(H2,18,19,20). The van der Waals surface area contributed by atoms with Crippen molar-refractivity contribution < 1.29 is 4.74 Å². The van der Waals surface area contributed by atoms with E-state index in [1.807, 2.05) is 7.05 Å². The topological polar surface area (TPSA) is 45.7 Å². The summed E-state index contributed by atoms with van der Waals surface area (Å²) in [5, 5.41) is 6.91. The van der Waals surface area contributed by atoms with E-state index in [-0.39, 0.29) is 0 Å². The molecule has 2 fully saturated rings. The molecular formula is C17H25N3O. The van der Waals surface area contributed by atoms with Crippen LogP contribution in [-0.2, 0) is 4.74 Å². The lowest BCUT2D eigenvalue weighted by Crippen LogP contribution is -2.42. The number of aryl methyl sites for hydroxylation is 1. The molecule has 114 valence electrons. The van der Waals surface area contributed by atoms with Crippen molar-refractivity contribution in [2.24, 2.45) is 4.99 Å². The van der Waals surface area contributed by atoms with Crippen molar-refractivity contribution in [3.8, 4) is 0 Å². The Kier molecular flexibility index (Phi) is 4.44. The van der Waals surface area contributed by atoms with Gasteiger partial charge in [0.15, 0.2) is 5.96 Å². The van der Waals surface area contributed by atoms with Crippen LogP contribution in [0, 0.1) is 6.92 Å². The number of benzene rings is 1. The van der Waals surface area contributed by atoms with Gasteiger partial charge < -0.3 is 15.4 Å². The first-order chi connectivity index (χ1) is 10.3. The lowest BCUT2D eigenvalue weighted by Gasteiger charge is -2.15. The van der Waals surface area contributed by atoms with Crippen LogP contribution in [0.15, 0.2) is 29.3 Å². The van der Waals surface area contributed by atoms with Gasteiger partial charge in [-0.15, -0.1) is 0 Å². The Balaban J connectivity index is 1.49. The normalized spacial score (nSPS) is 28.5. The second-order valence-corrected chi connectivity index (χ2v) is 6.04. The van der Waals surface area contributed by atoms with Gasteiger partial charge in [0.25, 0.3) is 0 Å². The Labute approximate surface area is 127 Å². The highest BCUT2D eigenvalue weighted by atomic mass is 16.5. The number of aliphatic imine (C=N–C) groups is 1. The molecule has 0 spiro atoms. The van der Waals surface area contributed by atoms with Crippen LogP contribution in [0.4, 0.5) is 0 Å². The molecule has 2 N–H and O–H groups in total. The van der Waals surface area contributed by atoms with Crippen LogP contribution in [0.1, 0.15) is 36.3 Å². The summed E-state index contributed by atoms with van der Waals surface area (Å²) in [7, 11) is 1.83. The number of hydrogen-bond donors (Lipinski definition) is 2. The smallest absolute Gasteiger partial charge is 0.191 e. The molecular weight excluding hydrogens is 262 g/mol. The second-order valence-electron chi connectivity index (χ2n) is 6.04. The van der Waals surface area contributed by atoms with E-state index in [1.54, 1.807) is 0 Å². The molecule has 2 aliphatic rings. The van der Waals surface area contributed by atoms with E-state index < -0.39 is 0 Å². The molecule has 0 radical (unpaired) electrons. The van der Waals surface area contributed by atoms with E-state index in [4.69, 9.17) is 4.74 Å². The van der Waals surface area contributed by atoms with Crippen LogP contribution < -0.4 is 10.6 Å². The number of guanidine groups is 1. The fraction of sp³-hybridized carbons (Fsp3) is 0.588. The van der Waals surface area contributed by atoms with E-state index in [9.17, 15) is 0 Å². The van der Waals surface area contributed by atoms with Gasteiger partial charge in [0.2, 0.25) is 0 Å². The Morgan fingerprint density at radius 2 is 2.24 bits per heavy atom. The van der Waals surface area contributed by atoms with E-state index in [1.165, 1.54) is 24.0 Å². The summed E-state index contributed by atoms with van der Waals surface area (Å²) in [6.07, 6.45) is 3.86. The minimum absolute atomic E-state index is 0.343. The van der Waals surface area contributed by atoms with Crippen molar-refractivity contribution in [1.82, 2.24) is 10.6 Å². The third-order valence-electron chi connectivity index (χ3n) is 4.45. The van der Waals surface area contributed by atoms with Crippen LogP contribution in [0.25, 0.3) is 0 Å². The number of rotatable bonds is 4. The first kappa shape index (κ1) is 14.4. The Morgan fingerprint density at radius 1 is 1.38 bits per heavy atom. The van der Waals surface area contributed by atoms with Crippen molar-refractivity contribution in [2.75, 3.05) is 20.2 Å². The van der Waals surface area contributed by atoms with Gasteiger partial charge in [-0.05, 0) is 37.3 Å². The molecule has 1 aromatic carbocycles. The minimum atomic E-state index is 0.343. The molecule has 4 nitrogen and oxygen atoms in total. The quantitative estimate of drug-likeness (QED) is 0.659. The molecule has 0 bridgehead atoms. The molecule has 1 saturated heterocycles. The Bertz CT molecular complexity index is 509. The van der Waals surface area contributed by atoms with E-state index in [0.29, 0.717) is 18.1 Å².